The van der Waals surface area contributed by atoms with Gasteiger partial charge in [-0.1, -0.05) is 46.8 Å². The lowest BCUT2D eigenvalue weighted by Crippen LogP contribution is -2.39. The molecule has 1 saturated heterocycles. The van der Waals surface area contributed by atoms with E-state index >= 15 is 0 Å². The Kier molecular flexibility index (Phi) is 6.42. The molecule has 1 aromatic carbocycles. The summed E-state index contributed by atoms with van der Waals surface area (Å²) >= 11 is 0. The normalized spacial score (nSPS) is 19.5. The van der Waals surface area contributed by atoms with E-state index in [4.69, 9.17) is 15.7 Å². The van der Waals surface area contributed by atoms with E-state index in [1.54, 1.807) is 0 Å². The average Bonchev–Trinajstić information content (AvgIpc) is 3.07. The van der Waals surface area contributed by atoms with E-state index in [1.165, 1.54) is 12.0 Å². The number of fused-ring (bicyclic) bond motifs is 1. The van der Waals surface area contributed by atoms with E-state index in [9.17, 15) is 0 Å². The Labute approximate surface area is 192 Å². The van der Waals surface area contributed by atoms with Crippen molar-refractivity contribution in [3.8, 4) is 0 Å². The first kappa shape index (κ1) is 22.6. The van der Waals surface area contributed by atoms with Gasteiger partial charge in [-0.15, -0.1) is 0 Å². The van der Waals surface area contributed by atoms with Crippen LogP contribution in [0.15, 0.2) is 36.4 Å². The molecule has 3 heterocycles. The zero-order valence-electron chi connectivity index (χ0n) is 20.2. The van der Waals surface area contributed by atoms with Gasteiger partial charge in [0.2, 0.25) is 5.95 Å². The number of aromatic nitrogens is 3. The van der Waals surface area contributed by atoms with Crippen molar-refractivity contribution in [3.05, 3.63) is 42.0 Å². The van der Waals surface area contributed by atoms with E-state index < -0.39 is 0 Å². The van der Waals surface area contributed by atoms with Crippen molar-refractivity contribution in [3.63, 3.8) is 0 Å². The molecule has 1 aliphatic heterocycles. The van der Waals surface area contributed by atoms with E-state index in [0.29, 0.717) is 18.4 Å². The standard InChI is InChI=1S/C26H38N6/c1-18-15-19(2)17-31(16-18)23-12-11-22-24(30-23)32(14-6-13-27)25(29-22)28-21-9-7-20(8-10-21)26(3,4)5/h7-12,18-19H,6,13-17,27H2,1-5H3,(H,28,29). The highest BCUT2D eigenvalue weighted by molar-refractivity contribution is 5.78. The van der Waals surface area contributed by atoms with E-state index in [0.717, 1.165) is 54.7 Å². The molecule has 0 spiro atoms. The van der Waals surface area contributed by atoms with Gasteiger partial charge in [-0.2, -0.15) is 0 Å². The maximum absolute atomic E-state index is 5.84. The number of nitrogens with zero attached hydrogens (tertiary/aromatic N) is 4. The molecule has 2 aromatic heterocycles. The fourth-order valence-electron chi connectivity index (χ4n) is 4.76. The van der Waals surface area contributed by atoms with Crippen molar-refractivity contribution in [2.24, 2.45) is 17.6 Å². The van der Waals surface area contributed by atoms with E-state index in [1.807, 2.05) is 0 Å². The first-order chi connectivity index (χ1) is 15.2. The van der Waals surface area contributed by atoms with Gasteiger partial charge >= 0.3 is 0 Å². The number of nitrogens with one attached hydrogen (secondary N) is 1. The zero-order valence-corrected chi connectivity index (χ0v) is 20.2. The number of anilines is 3. The largest absolute Gasteiger partial charge is 0.356 e. The molecule has 2 atom stereocenters. The summed E-state index contributed by atoms with van der Waals surface area (Å²) < 4.78 is 2.18. The van der Waals surface area contributed by atoms with E-state index in [2.05, 4.69) is 85.8 Å². The second kappa shape index (κ2) is 9.10. The fraction of sp³-hybridized carbons (Fsp3) is 0.538. The van der Waals surface area contributed by atoms with Crippen molar-refractivity contribution in [2.45, 2.75) is 59.4 Å². The number of piperidine rings is 1. The van der Waals surface area contributed by atoms with Crippen molar-refractivity contribution < 1.29 is 0 Å². The molecule has 32 heavy (non-hydrogen) atoms. The second-order valence-electron chi connectivity index (χ2n) is 10.5. The lowest BCUT2D eigenvalue weighted by Gasteiger charge is -2.35. The summed E-state index contributed by atoms with van der Waals surface area (Å²) in [4.78, 5) is 12.4. The highest BCUT2D eigenvalue weighted by Crippen LogP contribution is 2.29. The molecule has 6 nitrogen and oxygen atoms in total. The van der Waals surface area contributed by atoms with Gasteiger partial charge in [0.1, 0.15) is 11.3 Å². The number of pyridine rings is 1. The molecule has 1 aliphatic rings. The number of imidazole rings is 1. The molecule has 0 saturated carbocycles. The number of hydrogen-bond acceptors (Lipinski definition) is 5. The molecule has 2 unspecified atom stereocenters. The molecule has 3 aromatic rings. The van der Waals surface area contributed by atoms with Crippen LogP contribution in [0.4, 0.5) is 17.5 Å². The lowest BCUT2D eigenvalue weighted by atomic mass is 9.87. The van der Waals surface area contributed by atoms with Crippen LogP contribution in [-0.4, -0.2) is 34.2 Å². The molecule has 3 N–H and O–H groups in total. The third kappa shape index (κ3) is 4.90. The van der Waals surface area contributed by atoms with Crippen molar-refractivity contribution in [2.75, 3.05) is 29.9 Å². The predicted octanol–water partition coefficient (Wildman–Crippen LogP) is 5.30. The molecule has 0 aliphatic carbocycles. The minimum Gasteiger partial charge on any atom is -0.356 e. The summed E-state index contributed by atoms with van der Waals surface area (Å²) in [6.45, 7) is 14.9. The van der Waals surface area contributed by atoms with Crippen molar-refractivity contribution in [1.29, 1.82) is 0 Å². The summed E-state index contributed by atoms with van der Waals surface area (Å²) in [5, 5.41) is 3.52. The molecule has 1 fully saturated rings. The van der Waals surface area contributed by atoms with Crippen LogP contribution in [-0.2, 0) is 12.0 Å². The molecule has 6 heteroatoms. The van der Waals surface area contributed by atoms with Crippen molar-refractivity contribution in [1.82, 2.24) is 14.5 Å². The Morgan fingerprint density at radius 2 is 1.69 bits per heavy atom. The molecule has 0 radical (unpaired) electrons. The topological polar surface area (TPSA) is 72.0 Å². The summed E-state index contributed by atoms with van der Waals surface area (Å²) in [6.07, 6.45) is 2.17. The van der Waals surface area contributed by atoms with Gasteiger partial charge in [-0.3, -0.25) is 4.57 Å². The van der Waals surface area contributed by atoms with Crippen LogP contribution in [0.1, 0.15) is 53.0 Å². The zero-order chi connectivity index (χ0) is 22.9. The Bertz CT molecular complexity index is 1040. The van der Waals surface area contributed by atoms with Gasteiger partial charge < -0.3 is 16.0 Å². The second-order valence-corrected chi connectivity index (χ2v) is 10.5. The predicted molar refractivity (Wildman–Crippen MR) is 135 cm³/mol. The highest BCUT2D eigenvalue weighted by atomic mass is 15.3. The van der Waals surface area contributed by atoms with Crippen LogP contribution < -0.4 is 16.0 Å². The molecule has 4 rings (SSSR count). The third-order valence-electron chi connectivity index (χ3n) is 6.36. The number of aryl methyl sites for hydroxylation is 1. The maximum atomic E-state index is 5.84. The summed E-state index contributed by atoms with van der Waals surface area (Å²) in [5.41, 5.74) is 10.2. The third-order valence-corrected chi connectivity index (χ3v) is 6.36. The van der Waals surface area contributed by atoms with Gasteiger partial charge in [0.15, 0.2) is 5.65 Å². The van der Waals surface area contributed by atoms with Gasteiger partial charge in [-0.25, -0.2) is 9.97 Å². The molecular formula is C26H38N6. The monoisotopic (exact) mass is 434 g/mol. The van der Waals surface area contributed by atoms with Gasteiger partial charge in [0, 0.05) is 25.3 Å². The van der Waals surface area contributed by atoms with Gasteiger partial charge in [0.25, 0.3) is 0 Å². The summed E-state index contributed by atoms with van der Waals surface area (Å²) in [7, 11) is 0. The number of hydrogen-bond donors (Lipinski definition) is 2. The van der Waals surface area contributed by atoms with Gasteiger partial charge in [-0.05, 0) is 66.5 Å². The Morgan fingerprint density at radius 1 is 1.00 bits per heavy atom. The quantitative estimate of drug-likeness (QED) is 0.550. The number of nitrogens with two attached hydrogens (primary N) is 1. The van der Waals surface area contributed by atoms with E-state index in [-0.39, 0.29) is 5.41 Å². The fourth-order valence-corrected chi connectivity index (χ4v) is 4.76. The van der Waals surface area contributed by atoms with Crippen LogP contribution >= 0.6 is 0 Å². The minimum atomic E-state index is 0.135. The average molecular weight is 435 g/mol. The number of benzene rings is 1. The Balaban J connectivity index is 1.66. The molecule has 0 amide bonds. The summed E-state index contributed by atoms with van der Waals surface area (Å²) in [6, 6.07) is 12.9. The smallest absolute Gasteiger partial charge is 0.209 e. The summed E-state index contributed by atoms with van der Waals surface area (Å²) in [5.74, 6) is 3.24. The number of rotatable bonds is 6. The van der Waals surface area contributed by atoms with Crippen LogP contribution in [0.25, 0.3) is 11.2 Å². The van der Waals surface area contributed by atoms with Gasteiger partial charge in [0.05, 0.1) is 0 Å². The lowest BCUT2D eigenvalue weighted by molar-refractivity contribution is 0.355. The maximum Gasteiger partial charge on any atom is 0.209 e. The van der Waals surface area contributed by atoms with Crippen LogP contribution in [0.3, 0.4) is 0 Å². The first-order valence-corrected chi connectivity index (χ1v) is 11.9. The molecule has 0 bridgehead atoms. The Hall–Kier alpha value is -2.60. The van der Waals surface area contributed by atoms with Crippen molar-refractivity contribution >= 4 is 28.6 Å². The molecular weight excluding hydrogens is 396 g/mol. The molecule has 172 valence electrons. The first-order valence-electron chi connectivity index (χ1n) is 11.9. The van der Waals surface area contributed by atoms with Crippen LogP contribution in [0.2, 0.25) is 0 Å². The minimum absolute atomic E-state index is 0.135. The Morgan fingerprint density at radius 3 is 2.31 bits per heavy atom. The highest BCUT2D eigenvalue weighted by Gasteiger charge is 2.24. The van der Waals surface area contributed by atoms with Crippen LogP contribution in [0.5, 0.6) is 0 Å². The van der Waals surface area contributed by atoms with Crippen LogP contribution in [0, 0.1) is 11.8 Å². The SMILES string of the molecule is CC1CC(C)CN(c2ccc3nc(Nc4ccc(C(C)(C)C)cc4)n(CCCN)c3n2)C1.